The predicted molar refractivity (Wildman–Crippen MR) is 43.2 cm³/mol. The summed E-state index contributed by atoms with van der Waals surface area (Å²) in [5.41, 5.74) is 0. The fraction of sp³-hybridized carbons (Fsp3) is 1.00. The maximum atomic E-state index is 11.4. The van der Waals surface area contributed by atoms with Crippen molar-refractivity contribution in [1.82, 2.24) is 5.32 Å². The van der Waals surface area contributed by atoms with Gasteiger partial charge in [-0.25, -0.2) is 8.42 Å². The van der Waals surface area contributed by atoms with Gasteiger partial charge in [0.1, 0.15) is 0 Å². The van der Waals surface area contributed by atoms with E-state index in [2.05, 4.69) is 5.32 Å². The molecule has 0 unspecified atom stereocenters. The van der Waals surface area contributed by atoms with Gasteiger partial charge >= 0.3 is 0 Å². The molecule has 0 aromatic heterocycles. The molecule has 1 saturated heterocycles. The molecule has 4 heteroatoms. The van der Waals surface area contributed by atoms with Gasteiger partial charge in [0.05, 0.1) is 11.0 Å². The zero-order valence-electron chi connectivity index (χ0n) is 6.41. The monoisotopic (exact) mass is 175 g/mol. The van der Waals surface area contributed by atoms with Crippen molar-refractivity contribution in [3.63, 3.8) is 0 Å². The van der Waals surface area contributed by atoms with Gasteiger partial charge in [0.15, 0.2) is 9.84 Å². The number of nitrogens with one attached hydrogen (secondary N) is 1. The van der Waals surface area contributed by atoms with Crippen LogP contribution >= 0.6 is 0 Å². The molecule has 3 nitrogen and oxygen atoms in total. The highest BCUT2D eigenvalue weighted by Gasteiger charge is 2.37. The fourth-order valence-electron chi connectivity index (χ4n) is 1.36. The highest BCUT2D eigenvalue weighted by Crippen LogP contribution is 2.30. The number of hydrogen-bond donors (Lipinski definition) is 1. The van der Waals surface area contributed by atoms with Gasteiger partial charge < -0.3 is 5.32 Å². The molecule has 0 aromatic rings. The Labute approximate surface area is 67.1 Å². The van der Waals surface area contributed by atoms with E-state index in [9.17, 15) is 8.42 Å². The first-order valence-electron chi connectivity index (χ1n) is 4.11. The Hall–Kier alpha value is -0.0900. The van der Waals surface area contributed by atoms with Crippen LogP contribution in [0.25, 0.3) is 0 Å². The van der Waals surface area contributed by atoms with E-state index in [0.717, 1.165) is 25.9 Å². The van der Waals surface area contributed by atoms with E-state index in [0.29, 0.717) is 11.7 Å². The molecule has 1 aliphatic carbocycles. The van der Waals surface area contributed by atoms with Gasteiger partial charge in [0, 0.05) is 13.1 Å². The van der Waals surface area contributed by atoms with Crippen molar-refractivity contribution in [3.8, 4) is 0 Å². The molecule has 11 heavy (non-hydrogen) atoms. The molecular formula is C7H13NO2S. The number of hydrogen-bond acceptors (Lipinski definition) is 3. The van der Waals surface area contributed by atoms with Crippen molar-refractivity contribution in [2.24, 2.45) is 5.92 Å². The van der Waals surface area contributed by atoms with Crippen LogP contribution in [0, 0.1) is 5.92 Å². The van der Waals surface area contributed by atoms with Gasteiger partial charge in [0.25, 0.3) is 0 Å². The second-order valence-electron chi connectivity index (χ2n) is 3.55. The molecule has 64 valence electrons. The average molecular weight is 175 g/mol. The zero-order valence-corrected chi connectivity index (χ0v) is 7.23. The van der Waals surface area contributed by atoms with Crippen LogP contribution in [0.1, 0.15) is 12.8 Å². The van der Waals surface area contributed by atoms with E-state index < -0.39 is 9.84 Å². The van der Waals surface area contributed by atoms with Crippen molar-refractivity contribution in [3.05, 3.63) is 0 Å². The molecule has 2 rings (SSSR count). The second kappa shape index (κ2) is 2.45. The Morgan fingerprint density at radius 1 is 1.27 bits per heavy atom. The van der Waals surface area contributed by atoms with Crippen LogP contribution in [0.2, 0.25) is 0 Å². The molecule has 0 amide bonds. The van der Waals surface area contributed by atoms with Crippen LogP contribution in [0.5, 0.6) is 0 Å². The Morgan fingerprint density at radius 3 is 2.27 bits per heavy atom. The van der Waals surface area contributed by atoms with Gasteiger partial charge in [-0.15, -0.1) is 0 Å². The summed E-state index contributed by atoms with van der Waals surface area (Å²) in [6.45, 7) is 1.79. The lowest BCUT2D eigenvalue weighted by atomic mass is 10.1. The van der Waals surface area contributed by atoms with Crippen LogP contribution in [-0.2, 0) is 9.84 Å². The van der Waals surface area contributed by atoms with Gasteiger partial charge in [-0.3, -0.25) is 0 Å². The normalized spacial score (nSPS) is 26.5. The maximum absolute atomic E-state index is 11.4. The Kier molecular flexibility index (Phi) is 1.68. The molecule has 2 aliphatic rings. The van der Waals surface area contributed by atoms with Crippen LogP contribution in [0.3, 0.4) is 0 Å². The number of rotatable bonds is 3. The third-order valence-corrected chi connectivity index (χ3v) is 4.79. The molecule has 0 spiro atoms. The third kappa shape index (κ3) is 1.56. The third-order valence-electron chi connectivity index (χ3n) is 2.37. The minimum absolute atomic E-state index is 0.0306. The standard InChI is InChI=1S/C7H13NO2S/c9-11(10,7-1-2-7)5-6-3-8-4-6/h6-8H,1-5H2. The topological polar surface area (TPSA) is 46.2 Å². The smallest absolute Gasteiger partial charge is 0.153 e. The molecule has 0 aromatic carbocycles. The van der Waals surface area contributed by atoms with Crippen molar-refractivity contribution in [2.45, 2.75) is 18.1 Å². The summed E-state index contributed by atoms with van der Waals surface area (Å²) in [4.78, 5) is 0. The predicted octanol–water partition coefficient (Wildman–Crippen LogP) is -0.217. The van der Waals surface area contributed by atoms with Crippen molar-refractivity contribution < 1.29 is 8.42 Å². The zero-order chi connectivity index (χ0) is 7.90. The highest BCUT2D eigenvalue weighted by atomic mass is 32.2. The van der Waals surface area contributed by atoms with E-state index in [-0.39, 0.29) is 5.25 Å². The minimum atomic E-state index is -2.69. The van der Waals surface area contributed by atoms with Gasteiger partial charge in [0.2, 0.25) is 0 Å². The molecule has 0 bridgehead atoms. The van der Waals surface area contributed by atoms with E-state index in [1.807, 2.05) is 0 Å². The largest absolute Gasteiger partial charge is 0.316 e. The second-order valence-corrected chi connectivity index (χ2v) is 5.88. The van der Waals surface area contributed by atoms with Gasteiger partial charge in [-0.05, 0) is 18.8 Å². The molecule has 2 fully saturated rings. The fourth-order valence-corrected chi connectivity index (χ4v) is 3.38. The van der Waals surface area contributed by atoms with Crippen LogP contribution in [-0.4, -0.2) is 32.5 Å². The summed E-state index contributed by atoms with van der Waals surface area (Å²) in [6.07, 6.45) is 1.81. The van der Waals surface area contributed by atoms with Crippen molar-refractivity contribution >= 4 is 9.84 Å². The Balaban J connectivity index is 1.92. The molecule has 0 radical (unpaired) electrons. The molecule has 0 atom stereocenters. The van der Waals surface area contributed by atoms with Gasteiger partial charge in [-0.1, -0.05) is 0 Å². The van der Waals surface area contributed by atoms with Crippen LogP contribution < -0.4 is 5.32 Å². The first-order valence-corrected chi connectivity index (χ1v) is 5.82. The summed E-state index contributed by atoms with van der Waals surface area (Å²) >= 11 is 0. The van der Waals surface area contributed by atoms with E-state index in [1.165, 1.54) is 0 Å². The van der Waals surface area contributed by atoms with E-state index >= 15 is 0 Å². The maximum Gasteiger partial charge on any atom is 0.153 e. The Bertz CT molecular complexity index is 239. The molecule has 1 aliphatic heterocycles. The molecule has 1 N–H and O–H groups in total. The summed E-state index contributed by atoms with van der Waals surface area (Å²) in [5.74, 6) is 0.825. The van der Waals surface area contributed by atoms with Crippen LogP contribution in [0.4, 0.5) is 0 Å². The van der Waals surface area contributed by atoms with E-state index in [1.54, 1.807) is 0 Å². The lowest BCUT2D eigenvalue weighted by Gasteiger charge is -2.26. The van der Waals surface area contributed by atoms with Crippen molar-refractivity contribution in [2.75, 3.05) is 18.8 Å². The van der Waals surface area contributed by atoms with Gasteiger partial charge in [-0.2, -0.15) is 0 Å². The first kappa shape index (κ1) is 7.55. The van der Waals surface area contributed by atoms with Crippen molar-refractivity contribution in [1.29, 1.82) is 0 Å². The first-order chi connectivity index (χ1) is 5.18. The number of sulfone groups is 1. The quantitative estimate of drug-likeness (QED) is 0.645. The highest BCUT2D eigenvalue weighted by molar-refractivity contribution is 7.92. The molecular weight excluding hydrogens is 162 g/mol. The lowest BCUT2D eigenvalue weighted by Crippen LogP contribution is -2.46. The minimum Gasteiger partial charge on any atom is -0.316 e. The molecule has 1 saturated carbocycles. The van der Waals surface area contributed by atoms with Crippen LogP contribution in [0.15, 0.2) is 0 Å². The molecule has 1 heterocycles. The summed E-state index contributed by atoms with van der Waals surface area (Å²) in [6, 6.07) is 0. The Morgan fingerprint density at radius 2 is 1.91 bits per heavy atom. The summed E-state index contributed by atoms with van der Waals surface area (Å²) in [7, 11) is -2.69. The average Bonchev–Trinajstić information content (AvgIpc) is 2.58. The van der Waals surface area contributed by atoms with E-state index in [4.69, 9.17) is 0 Å². The summed E-state index contributed by atoms with van der Waals surface area (Å²) in [5, 5.41) is 3.11. The SMILES string of the molecule is O=S(=O)(CC1CNC1)C1CC1. The lowest BCUT2D eigenvalue weighted by molar-refractivity contribution is 0.378. The summed E-state index contributed by atoms with van der Waals surface area (Å²) < 4.78 is 22.7.